The number of hydrogen-bond donors (Lipinski definition) is 2. The first-order chi connectivity index (χ1) is 11.5. The Labute approximate surface area is 141 Å². The van der Waals surface area contributed by atoms with E-state index >= 15 is 0 Å². The van der Waals surface area contributed by atoms with Crippen LogP contribution in [0.4, 0.5) is 10.5 Å². The van der Waals surface area contributed by atoms with Crippen molar-refractivity contribution in [1.82, 2.24) is 9.80 Å². The summed E-state index contributed by atoms with van der Waals surface area (Å²) in [5, 5.41) is 12.7. The number of hydrogen-bond acceptors (Lipinski definition) is 4. The van der Waals surface area contributed by atoms with Gasteiger partial charge in [0.1, 0.15) is 0 Å². The van der Waals surface area contributed by atoms with E-state index in [2.05, 4.69) is 5.32 Å². The number of fused-ring (bicyclic) bond motifs is 1. The number of carboxylic acid groups (broad SMARTS) is 1. The summed E-state index contributed by atoms with van der Waals surface area (Å²) < 4.78 is 5.41. The summed E-state index contributed by atoms with van der Waals surface area (Å²) in [4.78, 5) is 26.6. The number of nitrogens with zero attached hydrogens (tertiary/aromatic N) is 2. The molecule has 1 aromatic rings. The van der Waals surface area contributed by atoms with Crippen LogP contribution in [0, 0.1) is 0 Å². The third kappa shape index (κ3) is 3.31. The average Bonchev–Trinajstić information content (AvgIpc) is 3.06. The molecule has 2 amide bonds. The third-order valence-electron chi connectivity index (χ3n) is 4.56. The van der Waals surface area contributed by atoms with E-state index in [0.717, 1.165) is 29.8 Å². The molecule has 2 N–H and O–H groups in total. The highest BCUT2D eigenvalue weighted by atomic mass is 16.5. The van der Waals surface area contributed by atoms with Gasteiger partial charge in [-0.05, 0) is 36.1 Å². The van der Waals surface area contributed by atoms with Crippen molar-refractivity contribution < 1.29 is 19.4 Å². The van der Waals surface area contributed by atoms with Gasteiger partial charge in [0.2, 0.25) is 0 Å². The van der Waals surface area contributed by atoms with E-state index in [9.17, 15) is 14.7 Å². The van der Waals surface area contributed by atoms with E-state index < -0.39 is 6.09 Å². The zero-order chi connectivity index (χ0) is 17.3. The fraction of sp³-hybridized carbons (Fsp3) is 0.529. The Morgan fingerprint density at radius 2 is 2.17 bits per heavy atom. The molecule has 2 heterocycles. The van der Waals surface area contributed by atoms with Crippen molar-refractivity contribution in [2.24, 2.45) is 0 Å². The maximum atomic E-state index is 12.4. The van der Waals surface area contributed by atoms with Gasteiger partial charge in [-0.15, -0.1) is 0 Å². The van der Waals surface area contributed by atoms with E-state index in [1.165, 1.54) is 4.90 Å². The zero-order valence-corrected chi connectivity index (χ0v) is 14.0. The Hall–Kier alpha value is -2.28. The maximum absolute atomic E-state index is 12.4. The Kier molecular flexibility index (Phi) is 4.62. The van der Waals surface area contributed by atoms with E-state index in [1.54, 1.807) is 19.0 Å². The Morgan fingerprint density at radius 3 is 2.79 bits per heavy atom. The number of carbonyl (C=O) groups is 2. The second-order valence-electron chi connectivity index (χ2n) is 6.52. The smallest absolute Gasteiger partial charge is 0.407 e. The highest BCUT2D eigenvalue weighted by Crippen LogP contribution is 2.30. The van der Waals surface area contributed by atoms with Gasteiger partial charge in [-0.25, -0.2) is 4.79 Å². The van der Waals surface area contributed by atoms with Crippen LogP contribution in [0.25, 0.3) is 0 Å². The lowest BCUT2D eigenvalue weighted by molar-refractivity contribution is 0.0827. The molecular formula is C17H23N3O4. The summed E-state index contributed by atoms with van der Waals surface area (Å²) in [6.07, 6.45) is 0.610. The summed E-state index contributed by atoms with van der Waals surface area (Å²) in [5.74, 6) is -0.0517. The molecule has 0 aliphatic carbocycles. The van der Waals surface area contributed by atoms with Gasteiger partial charge in [0, 0.05) is 38.5 Å². The van der Waals surface area contributed by atoms with Gasteiger partial charge < -0.3 is 25.0 Å². The molecule has 2 aliphatic rings. The van der Waals surface area contributed by atoms with E-state index in [1.807, 2.05) is 12.1 Å². The summed E-state index contributed by atoms with van der Waals surface area (Å²) >= 11 is 0. The molecule has 0 bridgehead atoms. The van der Waals surface area contributed by atoms with Crippen LogP contribution in [-0.4, -0.2) is 66.8 Å². The van der Waals surface area contributed by atoms with Crippen LogP contribution in [0.3, 0.4) is 0 Å². The van der Waals surface area contributed by atoms with Crippen molar-refractivity contribution >= 4 is 17.7 Å². The average molecular weight is 333 g/mol. The summed E-state index contributed by atoms with van der Waals surface area (Å²) in [6, 6.07) is 3.93. The topological polar surface area (TPSA) is 82.1 Å². The van der Waals surface area contributed by atoms with E-state index in [0.29, 0.717) is 31.7 Å². The van der Waals surface area contributed by atoms with Crippen LogP contribution in [-0.2, 0) is 17.7 Å². The second kappa shape index (κ2) is 6.68. The number of benzene rings is 1. The van der Waals surface area contributed by atoms with Gasteiger partial charge in [0.15, 0.2) is 0 Å². The molecule has 2 aliphatic heterocycles. The number of anilines is 1. The van der Waals surface area contributed by atoms with Crippen LogP contribution in [0.5, 0.6) is 0 Å². The lowest BCUT2D eigenvalue weighted by atomic mass is 9.94. The Bertz CT molecular complexity index is 653. The van der Waals surface area contributed by atoms with Gasteiger partial charge in [0.05, 0.1) is 19.2 Å². The summed E-state index contributed by atoms with van der Waals surface area (Å²) in [7, 11) is 3.46. The second-order valence-corrected chi connectivity index (χ2v) is 6.52. The summed E-state index contributed by atoms with van der Waals surface area (Å²) in [6.45, 7) is 2.14. The molecule has 3 rings (SSSR count). The van der Waals surface area contributed by atoms with Crippen molar-refractivity contribution in [3.05, 3.63) is 28.8 Å². The molecule has 0 aromatic heterocycles. The number of rotatable bonds is 3. The number of ether oxygens (including phenoxy) is 1. The lowest BCUT2D eigenvalue weighted by Crippen LogP contribution is -2.36. The fourth-order valence-corrected chi connectivity index (χ4v) is 3.21. The number of carbonyl (C=O) groups excluding carboxylic acids is 1. The molecule has 7 nitrogen and oxygen atoms in total. The van der Waals surface area contributed by atoms with Crippen molar-refractivity contribution in [1.29, 1.82) is 0 Å². The largest absolute Gasteiger partial charge is 0.465 e. The number of amides is 2. The van der Waals surface area contributed by atoms with Crippen LogP contribution in [0.1, 0.15) is 27.9 Å². The number of nitrogens with one attached hydrogen (secondary N) is 1. The van der Waals surface area contributed by atoms with Crippen LogP contribution >= 0.6 is 0 Å². The molecule has 24 heavy (non-hydrogen) atoms. The molecule has 0 unspecified atom stereocenters. The van der Waals surface area contributed by atoms with Crippen LogP contribution < -0.4 is 5.32 Å². The molecular weight excluding hydrogens is 310 g/mol. The van der Waals surface area contributed by atoms with Gasteiger partial charge in [-0.1, -0.05) is 0 Å². The van der Waals surface area contributed by atoms with E-state index in [4.69, 9.17) is 4.74 Å². The molecule has 1 fully saturated rings. The molecule has 0 radical (unpaired) electrons. The fourth-order valence-electron chi connectivity index (χ4n) is 3.21. The van der Waals surface area contributed by atoms with Crippen molar-refractivity contribution in [3.63, 3.8) is 0 Å². The SMILES string of the molecule is CN(C)C(=O)c1cc2c(c(N[C@@H]3CCOC3)c1)CN(C(=O)O)CC2. The lowest BCUT2D eigenvalue weighted by Gasteiger charge is -2.30. The van der Waals surface area contributed by atoms with Gasteiger partial charge in [-0.2, -0.15) is 0 Å². The molecule has 1 atom stereocenters. The minimum absolute atomic E-state index is 0.0517. The predicted molar refractivity (Wildman–Crippen MR) is 89.4 cm³/mol. The highest BCUT2D eigenvalue weighted by Gasteiger charge is 2.26. The van der Waals surface area contributed by atoms with Gasteiger partial charge in [-0.3, -0.25) is 4.79 Å². The van der Waals surface area contributed by atoms with Crippen molar-refractivity contribution in [2.75, 3.05) is 39.2 Å². The van der Waals surface area contributed by atoms with Crippen molar-refractivity contribution in [3.8, 4) is 0 Å². The minimum Gasteiger partial charge on any atom is -0.465 e. The van der Waals surface area contributed by atoms with Crippen LogP contribution in [0.15, 0.2) is 12.1 Å². The molecule has 0 spiro atoms. The third-order valence-corrected chi connectivity index (χ3v) is 4.56. The predicted octanol–water partition coefficient (Wildman–Crippen LogP) is 1.63. The van der Waals surface area contributed by atoms with Gasteiger partial charge >= 0.3 is 6.09 Å². The Morgan fingerprint density at radius 1 is 1.38 bits per heavy atom. The molecule has 0 saturated carbocycles. The quantitative estimate of drug-likeness (QED) is 0.878. The highest BCUT2D eigenvalue weighted by molar-refractivity contribution is 5.95. The molecule has 130 valence electrons. The molecule has 7 heteroatoms. The standard InChI is InChI=1S/C17H23N3O4/c1-19(2)16(21)12-7-11-3-5-20(17(22)23)9-14(11)15(8-12)18-13-4-6-24-10-13/h7-8,13,18H,3-6,9-10H2,1-2H3,(H,22,23)/t13-/m1/s1. The van der Waals surface area contributed by atoms with Crippen LogP contribution in [0.2, 0.25) is 0 Å². The normalized spacial score (nSPS) is 19.8. The molecule has 1 aromatic carbocycles. The maximum Gasteiger partial charge on any atom is 0.407 e. The van der Waals surface area contributed by atoms with Crippen molar-refractivity contribution in [2.45, 2.75) is 25.4 Å². The molecule has 1 saturated heterocycles. The monoisotopic (exact) mass is 333 g/mol. The minimum atomic E-state index is -0.913. The Balaban J connectivity index is 1.97. The zero-order valence-electron chi connectivity index (χ0n) is 14.0. The van der Waals surface area contributed by atoms with E-state index in [-0.39, 0.29) is 11.9 Å². The first-order valence-corrected chi connectivity index (χ1v) is 8.15. The summed E-state index contributed by atoms with van der Waals surface area (Å²) in [5.41, 5.74) is 3.48. The first-order valence-electron chi connectivity index (χ1n) is 8.15. The van der Waals surface area contributed by atoms with Gasteiger partial charge in [0.25, 0.3) is 5.91 Å². The first kappa shape index (κ1) is 16.6.